The molecule has 0 saturated carbocycles. The van der Waals surface area contributed by atoms with Crippen molar-refractivity contribution in [1.82, 2.24) is 0 Å². The molecule has 0 saturated heterocycles. The quantitative estimate of drug-likeness (QED) is 0.592. The van der Waals surface area contributed by atoms with Gasteiger partial charge in [-0.2, -0.15) is 0 Å². The van der Waals surface area contributed by atoms with Crippen LogP contribution < -0.4 is 10.5 Å². The Morgan fingerprint density at radius 3 is 2.23 bits per heavy atom. The van der Waals surface area contributed by atoms with Gasteiger partial charge in [0.05, 0.1) is 14.7 Å². The highest BCUT2D eigenvalue weighted by atomic mass is 32.2. The van der Waals surface area contributed by atoms with E-state index in [2.05, 4.69) is 5.32 Å². The summed E-state index contributed by atoms with van der Waals surface area (Å²) in [6, 6.07) is 0.458. The van der Waals surface area contributed by atoms with Crippen molar-refractivity contribution in [3.05, 3.63) is 31.9 Å². The number of rotatable bonds is 6. The van der Waals surface area contributed by atoms with Crippen LogP contribution in [-0.2, 0) is 10.0 Å². The average Bonchev–Trinajstić information content (AvgIpc) is 2.36. The summed E-state index contributed by atoms with van der Waals surface area (Å²) in [5, 5.41) is 30.1. The maximum atomic E-state index is 11.5. The lowest BCUT2D eigenvalue weighted by atomic mass is 10.1. The molecule has 122 valence electrons. The molecule has 1 aromatic carbocycles. The van der Waals surface area contributed by atoms with Crippen molar-refractivity contribution in [2.75, 3.05) is 5.32 Å². The Morgan fingerprint density at radius 2 is 1.86 bits per heavy atom. The minimum absolute atomic E-state index is 0.246. The molecule has 0 bridgehead atoms. The number of nitrogens with zero attached hydrogens (tertiary/aromatic N) is 2. The van der Waals surface area contributed by atoms with Gasteiger partial charge in [0.25, 0.3) is 0 Å². The summed E-state index contributed by atoms with van der Waals surface area (Å²) < 4.78 is 23.0. The lowest BCUT2D eigenvalue weighted by Crippen LogP contribution is -2.19. The highest BCUT2D eigenvalue weighted by Crippen LogP contribution is 2.40. The Balaban J connectivity index is 3.85. The number of hydrogen-bond donors (Lipinski definition) is 2. The maximum absolute atomic E-state index is 11.5. The first-order chi connectivity index (χ1) is 10.0. The number of benzene rings is 1. The minimum Gasteiger partial charge on any atom is -0.371 e. The van der Waals surface area contributed by atoms with Crippen LogP contribution in [-0.4, -0.2) is 24.3 Å². The number of nitro benzene ring substituents is 2. The third kappa shape index (κ3) is 3.49. The highest BCUT2D eigenvalue weighted by molar-refractivity contribution is 7.89. The van der Waals surface area contributed by atoms with Crippen LogP contribution in [0.4, 0.5) is 17.1 Å². The predicted octanol–water partition coefficient (Wildman–Crippen LogP) is 1.67. The van der Waals surface area contributed by atoms with Gasteiger partial charge in [0.15, 0.2) is 5.69 Å². The second kappa shape index (κ2) is 6.23. The molecule has 0 aliphatic rings. The van der Waals surface area contributed by atoms with Gasteiger partial charge in [0.1, 0.15) is 0 Å². The zero-order valence-corrected chi connectivity index (χ0v) is 13.0. The molecular formula is C11H16N4O6S. The summed E-state index contributed by atoms with van der Waals surface area (Å²) in [5.74, 6) is 0. The first kappa shape index (κ1) is 17.8. The monoisotopic (exact) mass is 332 g/mol. The van der Waals surface area contributed by atoms with Crippen molar-refractivity contribution in [2.24, 2.45) is 5.14 Å². The number of hydrogen-bond acceptors (Lipinski definition) is 7. The molecule has 11 heteroatoms. The Kier molecular flexibility index (Phi) is 5.04. The van der Waals surface area contributed by atoms with Gasteiger partial charge in [-0.3, -0.25) is 20.2 Å². The maximum Gasteiger partial charge on any atom is 0.303 e. The lowest BCUT2D eigenvalue weighted by Gasteiger charge is -2.15. The van der Waals surface area contributed by atoms with Crippen LogP contribution in [0.3, 0.4) is 0 Å². The van der Waals surface area contributed by atoms with Gasteiger partial charge in [0.2, 0.25) is 10.0 Å². The van der Waals surface area contributed by atoms with E-state index in [9.17, 15) is 28.6 Å². The Morgan fingerprint density at radius 1 is 1.32 bits per heavy atom. The molecule has 0 aromatic heterocycles. The molecule has 0 aliphatic heterocycles. The highest BCUT2D eigenvalue weighted by Gasteiger charge is 2.33. The molecule has 0 radical (unpaired) electrons. The first-order valence-electron chi connectivity index (χ1n) is 6.26. The molecule has 0 aliphatic carbocycles. The molecular weight excluding hydrogens is 316 g/mol. The molecule has 3 N–H and O–H groups in total. The van der Waals surface area contributed by atoms with E-state index >= 15 is 0 Å². The van der Waals surface area contributed by atoms with Crippen LogP contribution in [0.2, 0.25) is 0 Å². The normalized spacial score (nSPS) is 12.7. The molecule has 0 spiro atoms. The van der Waals surface area contributed by atoms with Crippen molar-refractivity contribution in [1.29, 1.82) is 0 Å². The van der Waals surface area contributed by atoms with E-state index in [1.165, 1.54) is 6.92 Å². The number of nitrogens with two attached hydrogens (primary N) is 1. The molecule has 1 atom stereocenters. The van der Waals surface area contributed by atoms with E-state index in [0.717, 1.165) is 6.07 Å². The van der Waals surface area contributed by atoms with E-state index in [-0.39, 0.29) is 17.3 Å². The molecule has 0 heterocycles. The largest absolute Gasteiger partial charge is 0.371 e. The summed E-state index contributed by atoms with van der Waals surface area (Å²) in [5.41, 5.74) is -1.95. The van der Waals surface area contributed by atoms with E-state index < -0.39 is 36.1 Å². The minimum atomic E-state index is -4.33. The molecule has 10 nitrogen and oxygen atoms in total. The number of sulfonamides is 1. The van der Waals surface area contributed by atoms with Crippen LogP contribution in [0.15, 0.2) is 11.0 Å². The average molecular weight is 332 g/mol. The van der Waals surface area contributed by atoms with E-state index in [0.29, 0.717) is 6.42 Å². The van der Waals surface area contributed by atoms with Crippen molar-refractivity contribution in [3.8, 4) is 0 Å². The Hall–Kier alpha value is -2.27. The van der Waals surface area contributed by atoms with Crippen molar-refractivity contribution in [3.63, 3.8) is 0 Å². The number of primary sulfonamides is 1. The van der Waals surface area contributed by atoms with E-state index in [1.54, 1.807) is 13.8 Å². The smallest absolute Gasteiger partial charge is 0.303 e. The lowest BCUT2D eigenvalue weighted by molar-refractivity contribution is -0.393. The van der Waals surface area contributed by atoms with Gasteiger partial charge < -0.3 is 5.32 Å². The van der Waals surface area contributed by atoms with Gasteiger partial charge in [0, 0.05) is 17.7 Å². The summed E-state index contributed by atoms with van der Waals surface area (Å²) in [4.78, 5) is 20.1. The van der Waals surface area contributed by atoms with Crippen molar-refractivity contribution >= 4 is 27.1 Å². The fraction of sp³-hybridized carbons (Fsp3) is 0.455. The second-order valence-corrected chi connectivity index (χ2v) is 6.29. The van der Waals surface area contributed by atoms with Crippen LogP contribution in [0.5, 0.6) is 0 Å². The van der Waals surface area contributed by atoms with Crippen molar-refractivity contribution < 1.29 is 18.3 Å². The fourth-order valence-electron chi connectivity index (χ4n) is 1.89. The van der Waals surface area contributed by atoms with Gasteiger partial charge in [-0.15, -0.1) is 0 Å². The van der Waals surface area contributed by atoms with E-state index in [1.807, 2.05) is 0 Å². The Bertz CT molecular complexity index is 731. The van der Waals surface area contributed by atoms with Gasteiger partial charge in [-0.25, -0.2) is 13.6 Å². The van der Waals surface area contributed by atoms with E-state index in [4.69, 9.17) is 5.14 Å². The topological polar surface area (TPSA) is 158 Å². The molecule has 0 amide bonds. The molecule has 1 aromatic rings. The van der Waals surface area contributed by atoms with Crippen LogP contribution in [0.25, 0.3) is 0 Å². The number of nitrogens with one attached hydrogen (secondary N) is 1. The molecule has 1 unspecified atom stereocenters. The van der Waals surface area contributed by atoms with Crippen LogP contribution >= 0.6 is 0 Å². The fourth-order valence-corrected chi connectivity index (χ4v) is 2.69. The summed E-state index contributed by atoms with van der Waals surface area (Å²) in [6.07, 6.45) is 0.560. The molecule has 22 heavy (non-hydrogen) atoms. The Labute approximate surface area is 126 Å². The second-order valence-electron chi connectivity index (χ2n) is 4.76. The van der Waals surface area contributed by atoms with Gasteiger partial charge in [-0.1, -0.05) is 6.92 Å². The van der Waals surface area contributed by atoms with Crippen LogP contribution in [0, 0.1) is 27.2 Å². The van der Waals surface area contributed by atoms with Gasteiger partial charge >= 0.3 is 11.4 Å². The number of anilines is 1. The van der Waals surface area contributed by atoms with Gasteiger partial charge in [-0.05, 0) is 20.3 Å². The summed E-state index contributed by atoms with van der Waals surface area (Å²) >= 11 is 0. The third-order valence-electron chi connectivity index (χ3n) is 3.17. The standard InChI is InChI=1S/C11H16N4O6S/c1-4-6(2)13-10-8(14(16)17)5-9(22(12,20)21)7(3)11(10)15(18)19/h5-6,13H,4H2,1-3H3,(H2,12,20,21). The molecule has 0 fully saturated rings. The zero-order chi connectivity index (χ0) is 17.2. The first-order valence-corrected chi connectivity index (χ1v) is 7.81. The molecule has 1 rings (SSSR count). The third-order valence-corrected chi connectivity index (χ3v) is 4.21. The summed E-state index contributed by atoms with van der Waals surface area (Å²) in [7, 11) is -4.33. The number of nitro groups is 2. The SMILES string of the molecule is CCC(C)Nc1c([N+](=O)[O-])cc(S(N)(=O)=O)c(C)c1[N+](=O)[O-]. The predicted molar refractivity (Wildman–Crippen MR) is 79.2 cm³/mol. The summed E-state index contributed by atoms with van der Waals surface area (Å²) in [6.45, 7) is 4.67. The zero-order valence-electron chi connectivity index (χ0n) is 12.2. The van der Waals surface area contributed by atoms with Crippen LogP contribution in [0.1, 0.15) is 25.8 Å². The van der Waals surface area contributed by atoms with Crippen molar-refractivity contribution in [2.45, 2.75) is 38.1 Å².